The van der Waals surface area contributed by atoms with Crippen LogP contribution in [-0.4, -0.2) is 38.7 Å². The molecule has 0 saturated heterocycles. The third-order valence-electron chi connectivity index (χ3n) is 2.98. The molecule has 0 aliphatic carbocycles. The number of rotatable bonds is 9. The second-order valence-corrected chi connectivity index (χ2v) is 4.65. The van der Waals surface area contributed by atoms with Gasteiger partial charge < -0.3 is 14.2 Å². The summed E-state index contributed by atoms with van der Waals surface area (Å²) in [6.07, 6.45) is 0.781. The third-order valence-corrected chi connectivity index (χ3v) is 2.98. The fourth-order valence-electron chi connectivity index (χ4n) is 1.81. The third kappa shape index (κ3) is 5.92. The van der Waals surface area contributed by atoms with Crippen molar-refractivity contribution >= 4 is 12.3 Å². The van der Waals surface area contributed by atoms with Crippen LogP contribution in [-0.2, 0) is 9.47 Å². The normalized spacial score (nSPS) is 10.1. The Morgan fingerprint density at radius 3 is 2.26 bits per heavy atom. The summed E-state index contributed by atoms with van der Waals surface area (Å²) in [6.45, 7) is 1.28. The lowest BCUT2D eigenvalue weighted by Gasteiger charge is -2.08. The van der Waals surface area contributed by atoms with E-state index in [9.17, 15) is 9.59 Å². The Labute approximate surface area is 134 Å². The van der Waals surface area contributed by atoms with Crippen molar-refractivity contribution in [2.24, 2.45) is 0 Å². The van der Waals surface area contributed by atoms with E-state index in [0.717, 1.165) is 6.29 Å². The molecule has 0 spiro atoms. The standard InChI is InChI=1S/C18H18O5/c19-14-15-6-8-17(9-7-15)22-12-10-21-11-13-23-18(20)16-4-2-1-3-5-16/h1-9,14H,10-13H2. The maximum Gasteiger partial charge on any atom is 0.338 e. The van der Waals surface area contributed by atoms with Crippen molar-refractivity contribution < 1.29 is 23.8 Å². The molecular weight excluding hydrogens is 296 g/mol. The van der Waals surface area contributed by atoms with Crippen LogP contribution in [0.4, 0.5) is 0 Å². The predicted octanol–water partition coefficient (Wildman–Crippen LogP) is 2.75. The van der Waals surface area contributed by atoms with Crippen molar-refractivity contribution in [1.82, 2.24) is 0 Å². The average molecular weight is 314 g/mol. The molecule has 0 bridgehead atoms. The Morgan fingerprint density at radius 2 is 1.57 bits per heavy atom. The Morgan fingerprint density at radius 1 is 0.870 bits per heavy atom. The zero-order chi connectivity index (χ0) is 16.3. The quantitative estimate of drug-likeness (QED) is 0.404. The van der Waals surface area contributed by atoms with Gasteiger partial charge in [-0.25, -0.2) is 4.79 Å². The molecule has 0 unspecified atom stereocenters. The van der Waals surface area contributed by atoms with E-state index in [0.29, 0.717) is 36.7 Å². The fourth-order valence-corrected chi connectivity index (χ4v) is 1.81. The lowest BCUT2D eigenvalue weighted by atomic mass is 10.2. The Bertz CT molecular complexity index is 607. The van der Waals surface area contributed by atoms with Crippen LogP contribution in [0.2, 0.25) is 0 Å². The van der Waals surface area contributed by atoms with E-state index in [1.165, 1.54) is 0 Å². The molecular formula is C18H18O5. The Balaban J connectivity index is 1.54. The van der Waals surface area contributed by atoms with Crippen LogP contribution in [0.1, 0.15) is 20.7 Å². The van der Waals surface area contributed by atoms with Gasteiger partial charge in [-0.2, -0.15) is 0 Å². The zero-order valence-corrected chi connectivity index (χ0v) is 12.6. The second-order valence-electron chi connectivity index (χ2n) is 4.65. The van der Waals surface area contributed by atoms with Crippen LogP contribution in [0.3, 0.4) is 0 Å². The Hall–Kier alpha value is -2.66. The molecule has 0 N–H and O–H groups in total. The highest BCUT2D eigenvalue weighted by atomic mass is 16.6. The average Bonchev–Trinajstić information content (AvgIpc) is 2.62. The molecule has 0 amide bonds. The van der Waals surface area contributed by atoms with E-state index in [2.05, 4.69) is 0 Å². The number of carbonyl (C=O) groups excluding carboxylic acids is 2. The highest BCUT2D eigenvalue weighted by Crippen LogP contribution is 2.10. The lowest BCUT2D eigenvalue weighted by Crippen LogP contribution is -2.13. The van der Waals surface area contributed by atoms with Crippen molar-refractivity contribution in [2.75, 3.05) is 26.4 Å². The number of hydrogen-bond donors (Lipinski definition) is 0. The molecule has 0 saturated carbocycles. The minimum absolute atomic E-state index is 0.196. The molecule has 0 atom stereocenters. The number of hydrogen-bond acceptors (Lipinski definition) is 5. The van der Waals surface area contributed by atoms with Gasteiger partial charge in [0.2, 0.25) is 0 Å². The first kappa shape index (κ1) is 16.7. The molecule has 0 aliphatic heterocycles. The first-order valence-corrected chi connectivity index (χ1v) is 7.27. The minimum atomic E-state index is -0.360. The SMILES string of the molecule is O=Cc1ccc(OCCOCCOC(=O)c2ccccc2)cc1. The summed E-state index contributed by atoms with van der Waals surface area (Å²) in [7, 11) is 0. The van der Waals surface area contributed by atoms with Gasteiger partial charge in [0.05, 0.1) is 18.8 Å². The number of esters is 1. The molecule has 2 rings (SSSR count). The molecule has 2 aromatic rings. The number of carbonyl (C=O) groups is 2. The molecule has 23 heavy (non-hydrogen) atoms. The van der Waals surface area contributed by atoms with Crippen molar-refractivity contribution in [3.63, 3.8) is 0 Å². The highest BCUT2D eigenvalue weighted by Gasteiger charge is 2.05. The van der Waals surface area contributed by atoms with Crippen LogP contribution < -0.4 is 4.74 Å². The van der Waals surface area contributed by atoms with E-state index in [1.54, 1.807) is 48.5 Å². The smallest absolute Gasteiger partial charge is 0.338 e. The van der Waals surface area contributed by atoms with Gasteiger partial charge in [0.25, 0.3) is 0 Å². The van der Waals surface area contributed by atoms with Crippen molar-refractivity contribution in [3.8, 4) is 5.75 Å². The zero-order valence-electron chi connectivity index (χ0n) is 12.6. The van der Waals surface area contributed by atoms with Gasteiger partial charge in [0.1, 0.15) is 25.2 Å². The highest BCUT2D eigenvalue weighted by molar-refractivity contribution is 5.89. The van der Waals surface area contributed by atoms with Gasteiger partial charge in [-0.15, -0.1) is 0 Å². The molecule has 0 aromatic heterocycles. The monoisotopic (exact) mass is 314 g/mol. The van der Waals surface area contributed by atoms with Crippen LogP contribution >= 0.6 is 0 Å². The summed E-state index contributed by atoms with van der Waals surface area (Å²) in [6, 6.07) is 15.6. The molecule has 0 radical (unpaired) electrons. The van der Waals surface area contributed by atoms with Gasteiger partial charge in [-0.05, 0) is 36.4 Å². The summed E-state index contributed by atoms with van der Waals surface area (Å²) >= 11 is 0. The molecule has 0 aliphatic rings. The molecule has 0 fully saturated rings. The maximum absolute atomic E-state index is 11.6. The van der Waals surface area contributed by atoms with Gasteiger partial charge in [-0.3, -0.25) is 4.79 Å². The summed E-state index contributed by atoms with van der Waals surface area (Å²) in [5, 5.41) is 0. The molecule has 0 heterocycles. The molecule has 2 aromatic carbocycles. The summed E-state index contributed by atoms with van der Waals surface area (Å²) in [4.78, 5) is 22.2. The van der Waals surface area contributed by atoms with Gasteiger partial charge in [0, 0.05) is 5.56 Å². The van der Waals surface area contributed by atoms with Crippen LogP contribution in [0.25, 0.3) is 0 Å². The minimum Gasteiger partial charge on any atom is -0.491 e. The summed E-state index contributed by atoms with van der Waals surface area (Å²) in [5.41, 5.74) is 1.13. The number of aldehydes is 1. The number of ether oxygens (including phenoxy) is 3. The van der Waals surface area contributed by atoms with E-state index in [1.807, 2.05) is 6.07 Å². The topological polar surface area (TPSA) is 61.8 Å². The van der Waals surface area contributed by atoms with Crippen LogP contribution in [0.15, 0.2) is 54.6 Å². The Kier molecular flexibility index (Phi) is 6.81. The van der Waals surface area contributed by atoms with E-state index in [-0.39, 0.29) is 12.6 Å². The van der Waals surface area contributed by atoms with E-state index >= 15 is 0 Å². The lowest BCUT2D eigenvalue weighted by molar-refractivity contribution is 0.0273. The van der Waals surface area contributed by atoms with Gasteiger partial charge >= 0.3 is 5.97 Å². The molecule has 5 heteroatoms. The second kappa shape index (κ2) is 9.38. The van der Waals surface area contributed by atoms with Gasteiger partial charge in [-0.1, -0.05) is 18.2 Å². The molecule has 5 nitrogen and oxygen atoms in total. The van der Waals surface area contributed by atoms with Gasteiger partial charge in [0.15, 0.2) is 0 Å². The van der Waals surface area contributed by atoms with Crippen molar-refractivity contribution in [3.05, 3.63) is 65.7 Å². The number of benzene rings is 2. The van der Waals surface area contributed by atoms with Crippen molar-refractivity contribution in [2.45, 2.75) is 0 Å². The van der Waals surface area contributed by atoms with E-state index in [4.69, 9.17) is 14.2 Å². The summed E-state index contributed by atoms with van der Waals surface area (Å²) < 4.78 is 15.9. The first-order chi connectivity index (χ1) is 11.3. The van der Waals surface area contributed by atoms with Crippen LogP contribution in [0, 0.1) is 0 Å². The van der Waals surface area contributed by atoms with E-state index < -0.39 is 0 Å². The predicted molar refractivity (Wildman–Crippen MR) is 84.9 cm³/mol. The van der Waals surface area contributed by atoms with Crippen molar-refractivity contribution in [1.29, 1.82) is 0 Å². The fraction of sp³-hybridized carbons (Fsp3) is 0.222. The maximum atomic E-state index is 11.6. The summed E-state index contributed by atoms with van der Waals surface area (Å²) in [5.74, 6) is 0.315. The van der Waals surface area contributed by atoms with Crippen LogP contribution in [0.5, 0.6) is 5.75 Å². The molecule has 120 valence electrons. The largest absolute Gasteiger partial charge is 0.491 e. The first-order valence-electron chi connectivity index (χ1n) is 7.27.